The molecular formula is C12H12N2O5. The van der Waals surface area contributed by atoms with E-state index in [1.807, 2.05) is 0 Å². The lowest BCUT2D eigenvalue weighted by Gasteiger charge is -2.29. The summed E-state index contributed by atoms with van der Waals surface area (Å²) in [6.07, 6.45) is 2.82. The lowest BCUT2D eigenvalue weighted by Crippen LogP contribution is -2.47. The number of carbonyl (C=O) groups excluding carboxylic acids is 4. The van der Waals surface area contributed by atoms with Crippen LogP contribution in [0.5, 0.6) is 0 Å². The van der Waals surface area contributed by atoms with Crippen LogP contribution in [0.15, 0.2) is 24.3 Å². The fourth-order valence-corrected chi connectivity index (χ4v) is 1.95. The van der Waals surface area contributed by atoms with Crippen molar-refractivity contribution in [2.45, 2.75) is 26.3 Å². The van der Waals surface area contributed by atoms with Crippen molar-refractivity contribution in [3.05, 3.63) is 24.3 Å². The molecule has 0 aliphatic carbocycles. The minimum atomic E-state index is -0.869. The number of imide groups is 2. The first-order chi connectivity index (χ1) is 8.91. The van der Waals surface area contributed by atoms with Crippen LogP contribution in [0.2, 0.25) is 0 Å². The van der Waals surface area contributed by atoms with Gasteiger partial charge in [0.05, 0.1) is 0 Å². The van der Waals surface area contributed by atoms with E-state index < -0.39 is 36.1 Å². The summed E-state index contributed by atoms with van der Waals surface area (Å²) < 4.78 is 5.39. The molecule has 0 N–H and O–H groups in total. The average molecular weight is 264 g/mol. The first kappa shape index (κ1) is 13.2. The molecule has 2 aliphatic rings. The van der Waals surface area contributed by atoms with Crippen LogP contribution in [0.4, 0.5) is 0 Å². The van der Waals surface area contributed by atoms with Gasteiger partial charge in [-0.1, -0.05) is 0 Å². The van der Waals surface area contributed by atoms with Crippen LogP contribution >= 0.6 is 0 Å². The molecule has 2 atom stereocenters. The molecule has 0 aromatic rings. The molecule has 0 spiro atoms. The van der Waals surface area contributed by atoms with Crippen molar-refractivity contribution in [3.8, 4) is 0 Å². The van der Waals surface area contributed by atoms with E-state index in [0.29, 0.717) is 0 Å². The zero-order chi connectivity index (χ0) is 14.2. The van der Waals surface area contributed by atoms with Crippen LogP contribution in [0.1, 0.15) is 13.8 Å². The van der Waals surface area contributed by atoms with Crippen LogP contribution in [0.25, 0.3) is 0 Å². The van der Waals surface area contributed by atoms with E-state index in [9.17, 15) is 19.2 Å². The van der Waals surface area contributed by atoms with E-state index in [2.05, 4.69) is 0 Å². The van der Waals surface area contributed by atoms with Crippen molar-refractivity contribution < 1.29 is 23.9 Å². The second-order valence-electron chi connectivity index (χ2n) is 4.09. The predicted octanol–water partition coefficient (Wildman–Crippen LogP) is -0.455. The Morgan fingerprint density at radius 3 is 1.26 bits per heavy atom. The molecule has 0 aromatic heterocycles. The van der Waals surface area contributed by atoms with Crippen molar-refractivity contribution in [2.24, 2.45) is 0 Å². The Morgan fingerprint density at radius 1 is 0.737 bits per heavy atom. The predicted molar refractivity (Wildman–Crippen MR) is 62.0 cm³/mol. The summed E-state index contributed by atoms with van der Waals surface area (Å²) in [7, 11) is 0. The Labute approximate surface area is 109 Å². The maximum Gasteiger partial charge on any atom is 0.255 e. The zero-order valence-electron chi connectivity index (χ0n) is 10.4. The summed E-state index contributed by atoms with van der Waals surface area (Å²) >= 11 is 0. The zero-order valence-corrected chi connectivity index (χ0v) is 10.4. The summed E-state index contributed by atoms with van der Waals surface area (Å²) in [5.41, 5.74) is 0. The Hall–Kier alpha value is -2.28. The molecule has 7 heteroatoms. The summed E-state index contributed by atoms with van der Waals surface area (Å²) in [5, 5.41) is 0. The summed E-state index contributed by atoms with van der Waals surface area (Å²) in [6, 6.07) is 0. The number of hydrogen-bond acceptors (Lipinski definition) is 5. The van der Waals surface area contributed by atoms with Gasteiger partial charge in [-0.05, 0) is 13.8 Å². The monoisotopic (exact) mass is 264 g/mol. The number of ether oxygens (including phenoxy) is 1. The highest BCUT2D eigenvalue weighted by Gasteiger charge is 2.34. The topological polar surface area (TPSA) is 84.0 Å². The standard InChI is InChI=1S/C12H12N2O5/c1-7(13-9(15)3-4-10(13)16)19-8(2)14-11(17)5-6-12(14)18/h3-8H,1-2H3. The third kappa shape index (κ3) is 2.32. The first-order valence-electron chi connectivity index (χ1n) is 5.67. The van der Waals surface area contributed by atoms with E-state index in [-0.39, 0.29) is 0 Å². The SMILES string of the molecule is CC(OC(C)N1C(=O)C=CC1=O)N1C(=O)C=CC1=O. The molecule has 2 aliphatic heterocycles. The molecule has 0 saturated carbocycles. The molecule has 2 unspecified atom stereocenters. The van der Waals surface area contributed by atoms with Crippen molar-refractivity contribution >= 4 is 23.6 Å². The van der Waals surface area contributed by atoms with Crippen molar-refractivity contribution in [2.75, 3.05) is 0 Å². The van der Waals surface area contributed by atoms with Gasteiger partial charge in [0.25, 0.3) is 23.6 Å². The Kier molecular flexibility index (Phi) is 3.30. The quantitative estimate of drug-likeness (QED) is 0.642. The Balaban J connectivity index is 2.01. The van der Waals surface area contributed by atoms with E-state index in [0.717, 1.165) is 34.1 Å². The maximum absolute atomic E-state index is 11.4. The van der Waals surface area contributed by atoms with E-state index >= 15 is 0 Å². The molecule has 0 aromatic carbocycles. The second-order valence-corrected chi connectivity index (χ2v) is 4.09. The highest BCUT2D eigenvalue weighted by Crippen LogP contribution is 2.16. The molecule has 19 heavy (non-hydrogen) atoms. The number of carbonyl (C=O) groups is 4. The van der Waals surface area contributed by atoms with Gasteiger partial charge < -0.3 is 4.74 Å². The van der Waals surface area contributed by atoms with Gasteiger partial charge in [0.2, 0.25) is 0 Å². The van der Waals surface area contributed by atoms with Crippen LogP contribution < -0.4 is 0 Å². The lowest BCUT2D eigenvalue weighted by molar-refractivity contribution is -0.172. The molecule has 4 amide bonds. The number of rotatable bonds is 4. The summed E-state index contributed by atoms with van der Waals surface area (Å²) in [4.78, 5) is 47.6. The Morgan fingerprint density at radius 2 is 1.00 bits per heavy atom. The molecule has 100 valence electrons. The van der Waals surface area contributed by atoms with Gasteiger partial charge >= 0.3 is 0 Å². The molecule has 2 heterocycles. The van der Waals surface area contributed by atoms with Gasteiger partial charge in [-0.15, -0.1) is 0 Å². The van der Waals surface area contributed by atoms with Crippen molar-refractivity contribution in [1.82, 2.24) is 9.80 Å². The summed E-state index contributed by atoms with van der Waals surface area (Å²) in [6.45, 7) is 3.00. The molecular weight excluding hydrogens is 252 g/mol. The largest absolute Gasteiger partial charge is 0.335 e. The number of hydrogen-bond donors (Lipinski definition) is 0. The van der Waals surface area contributed by atoms with Crippen LogP contribution in [0, 0.1) is 0 Å². The molecule has 0 radical (unpaired) electrons. The summed E-state index contributed by atoms with van der Waals surface area (Å²) in [5.74, 6) is -1.94. The smallest absolute Gasteiger partial charge is 0.255 e. The molecule has 0 fully saturated rings. The highest BCUT2D eigenvalue weighted by atomic mass is 16.5. The lowest BCUT2D eigenvalue weighted by atomic mass is 10.4. The van der Waals surface area contributed by atoms with E-state index in [4.69, 9.17) is 4.74 Å². The van der Waals surface area contributed by atoms with E-state index in [1.165, 1.54) is 13.8 Å². The third-order valence-corrected chi connectivity index (χ3v) is 2.81. The highest BCUT2D eigenvalue weighted by molar-refractivity contribution is 6.13. The number of nitrogens with zero attached hydrogens (tertiary/aromatic N) is 2. The first-order valence-corrected chi connectivity index (χ1v) is 5.67. The van der Waals surface area contributed by atoms with Gasteiger partial charge in [-0.2, -0.15) is 0 Å². The van der Waals surface area contributed by atoms with Gasteiger partial charge in [0.15, 0.2) is 0 Å². The normalized spacial score (nSPS) is 21.8. The molecule has 0 saturated heterocycles. The fraction of sp³-hybridized carbons (Fsp3) is 0.333. The van der Waals surface area contributed by atoms with Crippen LogP contribution in [-0.2, 0) is 23.9 Å². The van der Waals surface area contributed by atoms with Crippen molar-refractivity contribution in [1.29, 1.82) is 0 Å². The van der Waals surface area contributed by atoms with Gasteiger partial charge in [-0.3, -0.25) is 19.2 Å². The second kappa shape index (κ2) is 4.77. The average Bonchev–Trinajstić information content (AvgIpc) is 2.82. The maximum atomic E-state index is 11.4. The van der Waals surface area contributed by atoms with Gasteiger partial charge in [0, 0.05) is 24.3 Å². The minimum Gasteiger partial charge on any atom is -0.335 e. The number of amides is 4. The third-order valence-electron chi connectivity index (χ3n) is 2.81. The molecule has 7 nitrogen and oxygen atoms in total. The van der Waals surface area contributed by atoms with Crippen LogP contribution in [-0.4, -0.2) is 45.9 Å². The molecule has 0 bridgehead atoms. The van der Waals surface area contributed by atoms with E-state index in [1.54, 1.807) is 0 Å². The van der Waals surface area contributed by atoms with Gasteiger partial charge in [-0.25, -0.2) is 9.80 Å². The minimum absolute atomic E-state index is 0.484. The van der Waals surface area contributed by atoms with Gasteiger partial charge in [0.1, 0.15) is 12.5 Å². The fourth-order valence-electron chi connectivity index (χ4n) is 1.95. The Bertz CT molecular complexity index is 440. The van der Waals surface area contributed by atoms with Crippen molar-refractivity contribution in [3.63, 3.8) is 0 Å². The van der Waals surface area contributed by atoms with Crippen LogP contribution in [0.3, 0.4) is 0 Å². The molecule has 2 rings (SSSR count).